The van der Waals surface area contributed by atoms with E-state index < -0.39 is 6.10 Å². The van der Waals surface area contributed by atoms with Crippen molar-refractivity contribution in [1.82, 2.24) is 5.16 Å². The Morgan fingerprint density at radius 2 is 1.92 bits per heavy atom. The van der Waals surface area contributed by atoms with Gasteiger partial charge in [0, 0.05) is 11.6 Å². The third-order valence-corrected chi connectivity index (χ3v) is 3.46. The lowest BCUT2D eigenvalue weighted by atomic mass is 10.1. The number of hydrogen-bond acceptors (Lipinski definition) is 5. The molecule has 1 amide bonds. The number of benzene rings is 2. The molecule has 1 heterocycles. The van der Waals surface area contributed by atoms with Gasteiger partial charge < -0.3 is 14.6 Å². The molecule has 0 saturated carbocycles. The first-order chi connectivity index (χ1) is 12.2. The number of rotatable bonds is 5. The molecule has 2 aromatic carbocycles. The van der Waals surface area contributed by atoms with E-state index in [1.165, 1.54) is 0 Å². The van der Waals surface area contributed by atoms with E-state index in [1.807, 2.05) is 36.4 Å². The Hall–Kier alpha value is -3.59. The third-order valence-electron chi connectivity index (χ3n) is 3.46. The minimum absolute atomic E-state index is 0.326. The molecule has 6 nitrogen and oxygen atoms in total. The second-order valence-electron chi connectivity index (χ2n) is 5.36. The highest BCUT2D eigenvalue weighted by Gasteiger charge is 2.23. The summed E-state index contributed by atoms with van der Waals surface area (Å²) in [5.74, 6) is 1.04. The van der Waals surface area contributed by atoms with Crippen molar-refractivity contribution in [3.05, 3.63) is 77.6 Å². The number of aromatic nitrogens is 1. The zero-order valence-corrected chi connectivity index (χ0v) is 13.5. The predicted molar refractivity (Wildman–Crippen MR) is 90.8 cm³/mol. The predicted octanol–water partition coefficient (Wildman–Crippen LogP) is 3.61. The molecule has 0 aliphatic carbocycles. The minimum atomic E-state index is -0.869. The fourth-order valence-electron chi connectivity index (χ4n) is 2.26. The first kappa shape index (κ1) is 16.3. The molecule has 124 valence electrons. The monoisotopic (exact) mass is 333 g/mol. The van der Waals surface area contributed by atoms with Gasteiger partial charge in [-0.25, -0.2) is 0 Å². The van der Waals surface area contributed by atoms with Gasteiger partial charge in [-0.2, -0.15) is 5.26 Å². The lowest BCUT2D eigenvalue weighted by Crippen LogP contribution is -2.25. The first-order valence-corrected chi connectivity index (χ1v) is 7.61. The van der Waals surface area contributed by atoms with Gasteiger partial charge in [0.2, 0.25) is 6.10 Å². The Bertz CT molecular complexity index is 896. The van der Waals surface area contributed by atoms with E-state index in [0.29, 0.717) is 28.5 Å². The van der Waals surface area contributed by atoms with Crippen LogP contribution in [0.15, 0.2) is 65.2 Å². The molecule has 25 heavy (non-hydrogen) atoms. The number of anilines is 1. The number of ether oxygens (including phenoxy) is 1. The van der Waals surface area contributed by atoms with Crippen LogP contribution in [0.1, 0.15) is 23.0 Å². The Morgan fingerprint density at radius 3 is 2.52 bits per heavy atom. The highest BCUT2D eigenvalue weighted by Crippen LogP contribution is 2.24. The van der Waals surface area contributed by atoms with Crippen LogP contribution in [0.2, 0.25) is 0 Å². The molecule has 3 aromatic rings. The van der Waals surface area contributed by atoms with Crippen molar-refractivity contribution in [2.45, 2.75) is 13.0 Å². The van der Waals surface area contributed by atoms with Crippen LogP contribution >= 0.6 is 0 Å². The lowest BCUT2D eigenvalue weighted by Gasteiger charge is -2.18. The van der Waals surface area contributed by atoms with Crippen molar-refractivity contribution in [3.63, 3.8) is 0 Å². The average molecular weight is 333 g/mol. The molecule has 0 bridgehead atoms. The molecule has 0 saturated heterocycles. The van der Waals surface area contributed by atoms with Gasteiger partial charge in [-0.3, -0.25) is 4.79 Å². The van der Waals surface area contributed by atoms with Crippen LogP contribution in [0.3, 0.4) is 0 Å². The van der Waals surface area contributed by atoms with Crippen LogP contribution in [-0.2, 0) is 4.79 Å². The molecule has 0 fully saturated rings. The maximum atomic E-state index is 12.7. The van der Waals surface area contributed by atoms with Crippen LogP contribution in [0.5, 0.6) is 5.75 Å². The van der Waals surface area contributed by atoms with Crippen molar-refractivity contribution >= 4 is 11.7 Å². The number of carbonyl (C=O) groups excluding carboxylic acids is 1. The number of nitriles is 1. The molecule has 1 N–H and O–H groups in total. The van der Waals surface area contributed by atoms with E-state index in [0.717, 1.165) is 0 Å². The number of carbonyl (C=O) groups is 1. The fraction of sp³-hybridized carbons (Fsp3) is 0.105. The summed E-state index contributed by atoms with van der Waals surface area (Å²) in [5, 5.41) is 15.3. The molecule has 1 aromatic heterocycles. The van der Waals surface area contributed by atoms with E-state index in [2.05, 4.69) is 10.5 Å². The largest absolute Gasteiger partial charge is 0.476 e. The average Bonchev–Trinajstić information content (AvgIpc) is 3.05. The molecule has 0 spiro atoms. The summed E-state index contributed by atoms with van der Waals surface area (Å²) in [6, 6.07) is 19.4. The number of nitrogens with zero attached hydrogens (tertiary/aromatic N) is 2. The van der Waals surface area contributed by atoms with Crippen molar-refractivity contribution in [2.24, 2.45) is 0 Å². The highest BCUT2D eigenvalue weighted by molar-refractivity contribution is 5.94. The number of nitrogens with one attached hydrogen (secondary N) is 1. The summed E-state index contributed by atoms with van der Waals surface area (Å²) in [6.45, 7) is 1.74. The summed E-state index contributed by atoms with van der Waals surface area (Å²) in [5.41, 5.74) is 1.22. The molecule has 3 rings (SSSR count). The molecular formula is C19H15N3O3. The van der Waals surface area contributed by atoms with Gasteiger partial charge in [-0.15, -0.1) is 0 Å². The maximum Gasteiger partial charge on any atom is 0.271 e. The van der Waals surface area contributed by atoms with E-state index in [4.69, 9.17) is 14.5 Å². The maximum absolute atomic E-state index is 12.7. The Kier molecular flexibility index (Phi) is 4.77. The zero-order chi connectivity index (χ0) is 17.6. The van der Waals surface area contributed by atoms with Gasteiger partial charge in [0.15, 0.2) is 5.82 Å². The standard InChI is InChI=1S/C19H15N3O3/c1-13-11-17(22-25-13)21-19(23)18(15-5-3-2-4-6-15)24-16-9-7-14(12-20)8-10-16/h2-11,18H,1H3,(H,21,22,23)/t18-/m0/s1. The Labute approximate surface area is 144 Å². The molecule has 0 unspecified atom stereocenters. The van der Waals surface area contributed by atoms with Crippen LogP contribution < -0.4 is 10.1 Å². The second kappa shape index (κ2) is 7.32. The molecule has 0 aliphatic heterocycles. The summed E-state index contributed by atoms with van der Waals surface area (Å²) in [7, 11) is 0. The molecule has 1 atom stereocenters. The van der Waals surface area contributed by atoms with Crippen molar-refractivity contribution < 1.29 is 14.1 Å². The summed E-state index contributed by atoms with van der Waals surface area (Å²) < 4.78 is 10.8. The summed E-state index contributed by atoms with van der Waals surface area (Å²) >= 11 is 0. The molecule has 6 heteroatoms. The van der Waals surface area contributed by atoms with Gasteiger partial charge >= 0.3 is 0 Å². The SMILES string of the molecule is Cc1cc(NC(=O)[C@@H](Oc2ccc(C#N)cc2)c2ccccc2)no1. The van der Waals surface area contributed by atoms with Crippen molar-refractivity contribution in [3.8, 4) is 11.8 Å². The lowest BCUT2D eigenvalue weighted by molar-refractivity contribution is -0.123. The Morgan fingerprint density at radius 1 is 1.20 bits per heavy atom. The van der Waals surface area contributed by atoms with E-state index in [-0.39, 0.29) is 5.91 Å². The number of amides is 1. The third kappa shape index (κ3) is 4.03. The van der Waals surface area contributed by atoms with Gasteiger partial charge in [0.1, 0.15) is 11.5 Å². The van der Waals surface area contributed by atoms with Crippen LogP contribution in [-0.4, -0.2) is 11.1 Å². The fourth-order valence-corrected chi connectivity index (χ4v) is 2.26. The van der Waals surface area contributed by atoms with Gasteiger partial charge in [0.25, 0.3) is 5.91 Å². The molecule has 0 aliphatic rings. The minimum Gasteiger partial charge on any atom is -0.476 e. The molecule has 0 radical (unpaired) electrons. The zero-order valence-electron chi connectivity index (χ0n) is 13.5. The highest BCUT2D eigenvalue weighted by atomic mass is 16.5. The van der Waals surface area contributed by atoms with Gasteiger partial charge in [-0.05, 0) is 31.2 Å². The van der Waals surface area contributed by atoms with E-state index >= 15 is 0 Å². The van der Waals surface area contributed by atoms with Gasteiger partial charge in [0.05, 0.1) is 11.6 Å². The van der Waals surface area contributed by atoms with Crippen LogP contribution in [0.4, 0.5) is 5.82 Å². The Balaban J connectivity index is 1.84. The van der Waals surface area contributed by atoms with Crippen molar-refractivity contribution in [1.29, 1.82) is 5.26 Å². The number of hydrogen-bond donors (Lipinski definition) is 1. The topological polar surface area (TPSA) is 88.1 Å². The second-order valence-corrected chi connectivity index (χ2v) is 5.36. The van der Waals surface area contributed by atoms with Crippen LogP contribution in [0, 0.1) is 18.3 Å². The van der Waals surface area contributed by atoms with E-state index in [1.54, 1.807) is 37.3 Å². The van der Waals surface area contributed by atoms with Crippen LogP contribution in [0.25, 0.3) is 0 Å². The van der Waals surface area contributed by atoms with Gasteiger partial charge in [-0.1, -0.05) is 35.5 Å². The quantitative estimate of drug-likeness (QED) is 0.770. The molecular weight excluding hydrogens is 318 g/mol. The summed E-state index contributed by atoms with van der Waals surface area (Å²) in [6.07, 6.45) is -0.869. The normalized spacial score (nSPS) is 11.4. The van der Waals surface area contributed by atoms with E-state index in [9.17, 15) is 4.79 Å². The number of aryl methyl sites for hydroxylation is 1. The smallest absolute Gasteiger partial charge is 0.271 e. The summed E-state index contributed by atoms with van der Waals surface area (Å²) in [4.78, 5) is 12.7. The van der Waals surface area contributed by atoms with Crippen molar-refractivity contribution in [2.75, 3.05) is 5.32 Å². The first-order valence-electron chi connectivity index (χ1n) is 7.61.